The lowest BCUT2D eigenvalue weighted by atomic mass is 9.82. The van der Waals surface area contributed by atoms with E-state index >= 15 is 0 Å². The molecule has 3 N–H and O–H groups in total. The van der Waals surface area contributed by atoms with Crippen molar-refractivity contribution in [2.24, 2.45) is 11.1 Å². The van der Waals surface area contributed by atoms with Crippen LogP contribution in [0.3, 0.4) is 0 Å². The number of hydrogen-bond donors (Lipinski definition) is 2. The molecule has 0 aliphatic rings. The van der Waals surface area contributed by atoms with E-state index in [1.54, 1.807) is 20.8 Å². The first-order chi connectivity index (χ1) is 7.64. The minimum Gasteiger partial charge on any atom is -0.391 e. The Hall–Kier alpha value is -1.07. The van der Waals surface area contributed by atoms with Crippen molar-refractivity contribution >= 4 is 0 Å². The topological polar surface area (TPSA) is 46.2 Å². The maximum Gasteiger partial charge on any atom is 0.194 e. The van der Waals surface area contributed by atoms with Gasteiger partial charge >= 0.3 is 0 Å². The average Bonchev–Trinajstić information content (AvgIpc) is 2.21. The molecule has 0 aliphatic heterocycles. The van der Waals surface area contributed by atoms with Gasteiger partial charge in [-0.1, -0.05) is 20.8 Å². The van der Waals surface area contributed by atoms with Gasteiger partial charge in [-0.3, -0.25) is 0 Å². The Balaban J connectivity index is 3.09. The summed E-state index contributed by atoms with van der Waals surface area (Å²) in [5.74, 6) is -4.15. The van der Waals surface area contributed by atoms with Gasteiger partial charge in [-0.25, -0.2) is 13.2 Å². The van der Waals surface area contributed by atoms with Crippen LogP contribution in [-0.4, -0.2) is 11.2 Å². The summed E-state index contributed by atoms with van der Waals surface area (Å²) in [5, 5.41) is 9.90. The fourth-order valence-corrected chi connectivity index (χ4v) is 1.49. The molecule has 0 bridgehead atoms. The lowest BCUT2D eigenvalue weighted by Gasteiger charge is -2.31. The van der Waals surface area contributed by atoms with E-state index in [0.29, 0.717) is 0 Å². The van der Waals surface area contributed by atoms with Crippen molar-refractivity contribution in [3.05, 3.63) is 35.1 Å². The second-order valence-corrected chi connectivity index (χ2v) is 5.14. The van der Waals surface area contributed by atoms with Crippen LogP contribution in [-0.2, 0) is 0 Å². The molecule has 0 radical (unpaired) electrons. The third kappa shape index (κ3) is 2.98. The molecular formula is C12H16F3NO. The summed E-state index contributed by atoms with van der Waals surface area (Å²) in [6.07, 6.45) is -0.994. The van der Waals surface area contributed by atoms with E-state index < -0.39 is 35.0 Å². The van der Waals surface area contributed by atoms with Gasteiger partial charge in [-0.15, -0.1) is 0 Å². The SMILES string of the molecule is CC(C)(C)[C@@H](O)[C@@H](N)c1cc(F)c(F)c(F)c1. The van der Waals surface area contributed by atoms with Crippen molar-refractivity contribution in [1.29, 1.82) is 0 Å². The molecule has 1 rings (SSSR count). The summed E-state index contributed by atoms with van der Waals surface area (Å²) in [6.45, 7) is 5.23. The molecule has 0 aromatic heterocycles. The summed E-state index contributed by atoms with van der Waals surface area (Å²) in [7, 11) is 0. The number of aliphatic hydroxyl groups excluding tert-OH is 1. The summed E-state index contributed by atoms with van der Waals surface area (Å²) >= 11 is 0. The van der Waals surface area contributed by atoms with Gasteiger partial charge in [-0.05, 0) is 23.1 Å². The van der Waals surface area contributed by atoms with Gasteiger partial charge in [0.25, 0.3) is 0 Å². The average molecular weight is 247 g/mol. The van der Waals surface area contributed by atoms with Gasteiger partial charge in [-0.2, -0.15) is 0 Å². The largest absolute Gasteiger partial charge is 0.391 e. The van der Waals surface area contributed by atoms with Crippen LogP contribution in [0.25, 0.3) is 0 Å². The highest BCUT2D eigenvalue weighted by Crippen LogP contribution is 2.29. The number of benzene rings is 1. The Bertz CT molecular complexity index is 392. The lowest BCUT2D eigenvalue weighted by Crippen LogP contribution is -2.37. The lowest BCUT2D eigenvalue weighted by molar-refractivity contribution is 0.0399. The molecule has 1 aromatic rings. The van der Waals surface area contributed by atoms with Crippen molar-refractivity contribution in [2.45, 2.75) is 32.9 Å². The van der Waals surface area contributed by atoms with Crippen LogP contribution in [0.15, 0.2) is 12.1 Å². The number of rotatable bonds is 2. The highest BCUT2D eigenvalue weighted by atomic mass is 19.2. The van der Waals surface area contributed by atoms with E-state index in [1.165, 1.54) is 0 Å². The van der Waals surface area contributed by atoms with Crippen LogP contribution in [0, 0.1) is 22.9 Å². The first kappa shape index (κ1) is 14.0. The smallest absolute Gasteiger partial charge is 0.194 e. The van der Waals surface area contributed by atoms with Crippen LogP contribution in [0.4, 0.5) is 13.2 Å². The molecule has 2 nitrogen and oxygen atoms in total. The molecule has 0 saturated heterocycles. The predicted octanol–water partition coefficient (Wildman–Crippen LogP) is 2.51. The maximum absolute atomic E-state index is 13.0. The van der Waals surface area contributed by atoms with Crippen molar-refractivity contribution in [3.8, 4) is 0 Å². The number of halogens is 3. The Kier molecular flexibility index (Phi) is 3.84. The standard InChI is InChI=1S/C12H16F3NO/c1-12(2,3)11(17)10(16)6-4-7(13)9(15)8(14)5-6/h4-5,10-11,17H,16H2,1-3H3/t10-,11-/m0/s1. The molecule has 2 atom stereocenters. The molecule has 0 amide bonds. The molecule has 96 valence electrons. The van der Waals surface area contributed by atoms with Gasteiger partial charge in [0.1, 0.15) is 0 Å². The van der Waals surface area contributed by atoms with Crippen LogP contribution in [0.1, 0.15) is 32.4 Å². The van der Waals surface area contributed by atoms with Crippen molar-refractivity contribution in [3.63, 3.8) is 0 Å². The monoisotopic (exact) mass is 247 g/mol. The Morgan fingerprint density at radius 2 is 1.53 bits per heavy atom. The fraction of sp³-hybridized carbons (Fsp3) is 0.500. The van der Waals surface area contributed by atoms with Crippen LogP contribution >= 0.6 is 0 Å². The quantitative estimate of drug-likeness (QED) is 0.789. The highest BCUT2D eigenvalue weighted by Gasteiger charge is 2.30. The first-order valence-electron chi connectivity index (χ1n) is 5.22. The Morgan fingerprint density at radius 1 is 1.12 bits per heavy atom. The van der Waals surface area contributed by atoms with E-state index in [-0.39, 0.29) is 5.56 Å². The Labute approximate surface area is 98.3 Å². The van der Waals surface area contributed by atoms with E-state index in [9.17, 15) is 18.3 Å². The number of aliphatic hydroxyl groups is 1. The van der Waals surface area contributed by atoms with Gasteiger partial charge in [0, 0.05) is 0 Å². The first-order valence-corrected chi connectivity index (χ1v) is 5.22. The zero-order valence-electron chi connectivity index (χ0n) is 9.97. The van der Waals surface area contributed by atoms with Gasteiger partial charge in [0.05, 0.1) is 12.1 Å². The second-order valence-electron chi connectivity index (χ2n) is 5.14. The molecule has 0 aliphatic carbocycles. The van der Waals surface area contributed by atoms with E-state index in [4.69, 9.17) is 5.73 Å². The van der Waals surface area contributed by atoms with Crippen LogP contribution < -0.4 is 5.73 Å². The van der Waals surface area contributed by atoms with E-state index in [0.717, 1.165) is 12.1 Å². The number of nitrogens with two attached hydrogens (primary N) is 1. The Morgan fingerprint density at radius 3 is 1.88 bits per heavy atom. The maximum atomic E-state index is 13.0. The van der Waals surface area contributed by atoms with Gasteiger partial charge in [0.2, 0.25) is 0 Å². The fourth-order valence-electron chi connectivity index (χ4n) is 1.49. The molecule has 0 heterocycles. The van der Waals surface area contributed by atoms with Gasteiger partial charge in [0.15, 0.2) is 17.5 Å². The van der Waals surface area contributed by atoms with E-state index in [2.05, 4.69) is 0 Å². The van der Waals surface area contributed by atoms with Crippen LogP contribution in [0.5, 0.6) is 0 Å². The predicted molar refractivity (Wildman–Crippen MR) is 58.7 cm³/mol. The summed E-state index contributed by atoms with van der Waals surface area (Å²) in [6, 6.07) is 0.635. The molecule has 0 fully saturated rings. The summed E-state index contributed by atoms with van der Waals surface area (Å²) in [5.41, 5.74) is 5.20. The van der Waals surface area contributed by atoms with E-state index in [1.807, 2.05) is 0 Å². The molecule has 17 heavy (non-hydrogen) atoms. The molecular weight excluding hydrogens is 231 g/mol. The molecule has 0 spiro atoms. The molecule has 0 saturated carbocycles. The zero-order chi connectivity index (χ0) is 13.4. The third-order valence-electron chi connectivity index (χ3n) is 2.62. The zero-order valence-corrected chi connectivity index (χ0v) is 9.97. The summed E-state index contributed by atoms with van der Waals surface area (Å²) in [4.78, 5) is 0. The summed E-state index contributed by atoms with van der Waals surface area (Å²) < 4.78 is 38.8. The second kappa shape index (κ2) is 4.66. The highest BCUT2D eigenvalue weighted by molar-refractivity contribution is 5.23. The molecule has 0 unspecified atom stereocenters. The van der Waals surface area contributed by atoms with Crippen molar-refractivity contribution in [1.82, 2.24) is 0 Å². The number of hydrogen-bond acceptors (Lipinski definition) is 2. The van der Waals surface area contributed by atoms with Gasteiger partial charge < -0.3 is 10.8 Å². The van der Waals surface area contributed by atoms with Crippen molar-refractivity contribution < 1.29 is 18.3 Å². The molecule has 1 aromatic carbocycles. The van der Waals surface area contributed by atoms with Crippen LogP contribution in [0.2, 0.25) is 0 Å². The van der Waals surface area contributed by atoms with Crippen molar-refractivity contribution in [2.75, 3.05) is 0 Å². The molecule has 5 heteroatoms. The normalized spacial score (nSPS) is 15.8. The minimum absolute atomic E-state index is 0.0313. The third-order valence-corrected chi connectivity index (χ3v) is 2.62. The minimum atomic E-state index is -1.54.